The van der Waals surface area contributed by atoms with Gasteiger partial charge in [-0.15, -0.1) is 0 Å². The maximum Gasteiger partial charge on any atom is 0.0637 e. The van der Waals surface area contributed by atoms with Gasteiger partial charge in [-0.25, -0.2) is 0 Å². The molecule has 0 nitrogen and oxygen atoms in total. The lowest BCUT2D eigenvalue weighted by molar-refractivity contribution is 0.885. The van der Waals surface area contributed by atoms with Crippen molar-refractivity contribution in [2.75, 3.05) is 0 Å². The number of aryl methyl sites for hydroxylation is 3. The zero-order valence-corrected chi connectivity index (χ0v) is 17.7. The van der Waals surface area contributed by atoms with Crippen LogP contribution < -0.4 is 0 Å². The Kier molecular flexibility index (Phi) is 7.48. The Morgan fingerprint density at radius 3 is 1.04 bits per heavy atom. The molecule has 0 heteroatoms. The molecule has 0 saturated heterocycles. The lowest BCUT2D eigenvalue weighted by Gasteiger charge is -2.25. The van der Waals surface area contributed by atoms with Gasteiger partial charge in [-0.05, 0) is 52.6 Å². The molecule has 1 radical (unpaired) electrons. The van der Waals surface area contributed by atoms with Crippen LogP contribution in [0.15, 0.2) is 72.8 Å². The minimum atomic E-state index is 1.12. The van der Waals surface area contributed by atoms with Crippen molar-refractivity contribution in [1.29, 1.82) is 0 Å². The van der Waals surface area contributed by atoms with Gasteiger partial charge in [-0.3, -0.25) is 0 Å². The quantitative estimate of drug-likeness (QED) is 0.341. The third kappa shape index (κ3) is 4.55. The van der Waals surface area contributed by atoms with Crippen LogP contribution in [0.5, 0.6) is 0 Å². The summed E-state index contributed by atoms with van der Waals surface area (Å²) in [5, 5.41) is 0. The van der Waals surface area contributed by atoms with Crippen LogP contribution in [0.25, 0.3) is 0 Å². The molecule has 28 heavy (non-hydrogen) atoms. The van der Waals surface area contributed by atoms with Gasteiger partial charge in [0.25, 0.3) is 0 Å². The van der Waals surface area contributed by atoms with E-state index >= 15 is 0 Å². The second-order valence-electron chi connectivity index (χ2n) is 7.60. The minimum absolute atomic E-state index is 1.12. The highest BCUT2D eigenvalue weighted by molar-refractivity contribution is 5.63. The molecule has 0 fully saturated rings. The smallest absolute Gasteiger partial charge is 0.0637 e. The molecule has 0 N–H and O–H groups in total. The van der Waals surface area contributed by atoms with Crippen molar-refractivity contribution < 1.29 is 0 Å². The highest BCUT2D eigenvalue weighted by atomic mass is 14.3. The van der Waals surface area contributed by atoms with Gasteiger partial charge in [-0.1, -0.05) is 113 Å². The van der Waals surface area contributed by atoms with E-state index in [1.807, 2.05) is 0 Å². The molecule has 0 aliphatic rings. The van der Waals surface area contributed by atoms with Crippen molar-refractivity contribution in [2.45, 2.75) is 59.3 Å². The molecule has 0 aliphatic heterocycles. The fraction of sp³-hybridized carbons (Fsp3) is 0.321. The van der Waals surface area contributed by atoms with Gasteiger partial charge in [0, 0.05) is 0 Å². The van der Waals surface area contributed by atoms with E-state index in [9.17, 15) is 0 Å². The van der Waals surface area contributed by atoms with Crippen LogP contribution in [-0.4, -0.2) is 0 Å². The first-order valence-electron chi connectivity index (χ1n) is 10.9. The van der Waals surface area contributed by atoms with Crippen molar-refractivity contribution in [3.05, 3.63) is 112 Å². The number of benzene rings is 3. The van der Waals surface area contributed by atoms with E-state index in [1.54, 1.807) is 0 Å². The van der Waals surface area contributed by atoms with Crippen molar-refractivity contribution in [2.24, 2.45) is 0 Å². The van der Waals surface area contributed by atoms with Gasteiger partial charge >= 0.3 is 0 Å². The molecule has 0 atom stereocenters. The van der Waals surface area contributed by atoms with Gasteiger partial charge in [0.1, 0.15) is 0 Å². The van der Waals surface area contributed by atoms with Crippen molar-refractivity contribution in [3.8, 4) is 0 Å². The molecular formula is C28H33. The summed E-state index contributed by atoms with van der Waals surface area (Å²) in [4.78, 5) is 0. The highest BCUT2D eigenvalue weighted by Crippen LogP contribution is 2.37. The monoisotopic (exact) mass is 369 g/mol. The van der Waals surface area contributed by atoms with E-state index in [1.165, 1.54) is 39.3 Å². The molecule has 0 unspecified atom stereocenters. The molecule has 3 aromatic rings. The van der Waals surface area contributed by atoms with Crippen LogP contribution in [0.2, 0.25) is 0 Å². The molecule has 0 aliphatic carbocycles. The zero-order chi connectivity index (χ0) is 19.8. The van der Waals surface area contributed by atoms with E-state index in [0.29, 0.717) is 0 Å². The Balaban J connectivity index is 2.25. The van der Waals surface area contributed by atoms with Crippen LogP contribution in [0.3, 0.4) is 0 Å². The van der Waals surface area contributed by atoms with Gasteiger partial charge < -0.3 is 0 Å². The number of hydrogen-bond donors (Lipinski definition) is 0. The fourth-order valence-corrected chi connectivity index (χ4v) is 4.19. The molecule has 0 spiro atoms. The molecule has 0 heterocycles. The summed E-state index contributed by atoms with van der Waals surface area (Å²) in [5.74, 6) is 1.41. The third-order valence-corrected chi connectivity index (χ3v) is 5.42. The molecule has 3 rings (SSSR count). The maximum atomic E-state index is 2.33. The summed E-state index contributed by atoms with van der Waals surface area (Å²) < 4.78 is 0. The largest absolute Gasteiger partial charge is 0.0651 e. The van der Waals surface area contributed by atoms with Gasteiger partial charge in [0.05, 0.1) is 5.92 Å². The molecule has 0 bridgehead atoms. The molecular weight excluding hydrogens is 336 g/mol. The first-order valence-corrected chi connectivity index (χ1v) is 10.9. The first kappa shape index (κ1) is 20.4. The van der Waals surface area contributed by atoms with Crippen LogP contribution in [-0.2, 0) is 19.3 Å². The van der Waals surface area contributed by atoms with E-state index in [0.717, 1.165) is 38.5 Å². The number of hydrogen-bond acceptors (Lipinski definition) is 0. The van der Waals surface area contributed by atoms with E-state index in [4.69, 9.17) is 0 Å². The van der Waals surface area contributed by atoms with Gasteiger partial charge in [0.15, 0.2) is 0 Å². The first-order chi connectivity index (χ1) is 13.8. The topological polar surface area (TPSA) is 0 Å². The summed E-state index contributed by atoms with van der Waals surface area (Å²) in [7, 11) is 0. The lowest BCUT2D eigenvalue weighted by atomic mass is 9.77. The molecule has 0 aromatic heterocycles. The molecule has 3 aromatic carbocycles. The van der Waals surface area contributed by atoms with Gasteiger partial charge in [0.2, 0.25) is 0 Å². The lowest BCUT2D eigenvalue weighted by Crippen LogP contribution is -2.12. The number of rotatable bonds is 9. The predicted molar refractivity (Wildman–Crippen MR) is 122 cm³/mol. The van der Waals surface area contributed by atoms with Crippen LogP contribution in [0.4, 0.5) is 0 Å². The van der Waals surface area contributed by atoms with Gasteiger partial charge in [-0.2, -0.15) is 0 Å². The summed E-state index contributed by atoms with van der Waals surface area (Å²) >= 11 is 0. The van der Waals surface area contributed by atoms with E-state index < -0.39 is 0 Å². The van der Waals surface area contributed by atoms with E-state index in [2.05, 4.69) is 93.6 Å². The van der Waals surface area contributed by atoms with Crippen molar-refractivity contribution in [1.82, 2.24) is 0 Å². The molecule has 0 saturated carbocycles. The summed E-state index contributed by atoms with van der Waals surface area (Å²) in [6, 6.07) is 27.0. The van der Waals surface area contributed by atoms with Crippen LogP contribution in [0, 0.1) is 5.92 Å². The Morgan fingerprint density at radius 1 is 0.464 bits per heavy atom. The second kappa shape index (κ2) is 10.3. The minimum Gasteiger partial charge on any atom is -0.0651 e. The summed E-state index contributed by atoms with van der Waals surface area (Å²) in [6.07, 6.45) is 6.84. The standard InChI is InChI=1S/C28H33/c1-4-13-22-16-7-10-19-25(22)28(26-20-11-8-17-23(26)14-5-2)27-21-12-9-18-24(27)15-6-3/h7-12,16-21H,4-6,13-15H2,1-3H3. The summed E-state index contributed by atoms with van der Waals surface area (Å²) in [5.41, 5.74) is 8.57. The summed E-state index contributed by atoms with van der Waals surface area (Å²) in [6.45, 7) is 6.81. The van der Waals surface area contributed by atoms with Crippen molar-refractivity contribution in [3.63, 3.8) is 0 Å². The third-order valence-electron chi connectivity index (χ3n) is 5.42. The second-order valence-corrected chi connectivity index (χ2v) is 7.60. The van der Waals surface area contributed by atoms with Crippen LogP contribution >= 0.6 is 0 Å². The van der Waals surface area contributed by atoms with Crippen molar-refractivity contribution >= 4 is 0 Å². The zero-order valence-electron chi connectivity index (χ0n) is 17.7. The normalized spacial score (nSPS) is 11.1. The molecule has 145 valence electrons. The average molecular weight is 370 g/mol. The highest BCUT2D eigenvalue weighted by Gasteiger charge is 2.24. The molecule has 0 amide bonds. The Hall–Kier alpha value is -2.34. The Bertz CT molecular complexity index is 757. The maximum absolute atomic E-state index is 2.33. The predicted octanol–water partition coefficient (Wildman–Crippen LogP) is 7.56. The fourth-order valence-electron chi connectivity index (χ4n) is 4.19. The Morgan fingerprint density at radius 2 is 0.750 bits per heavy atom. The SMILES string of the molecule is CCCc1ccccc1[C](c1ccccc1CCC)c1ccccc1CCC. The average Bonchev–Trinajstić information content (AvgIpc) is 2.72. The van der Waals surface area contributed by atoms with Crippen LogP contribution in [0.1, 0.15) is 73.4 Å². The Labute approximate surface area is 171 Å². The van der Waals surface area contributed by atoms with E-state index in [-0.39, 0.29) is 0 Å².